The zero-order chi connectivity index (χ0) is 15.6. The van der Waals surface area contributed by atoms with E-state index in [1.165, 1.54) is 31.3 Å². The van der Waals surface area contributed by atoms with Crippen LogP contribution in [0.2, 0.25) is 0 Å². The highest BCUT2D eigenvalue weighted by atomic mass is 32.2. The monoisotopic (exact) mass is 310 g/mol. The van der Waals surface area contributed by atoms with Gasteiger partial charge in [-0.1, -0.05) is 12.1 Å². The van der Waals surface area contributed by atoms with Crippen LogP contribution in [0.5, 0.6) is 0 Å². The van der Waals surface area contributed by atoms with Crippen LogP contribution in [-0.4, -0.2) is 34.5 Å². The van der Waals surface area contributed by atoms with E-state index in [2.05, 4.69) is 5.10 Å². The first-order chi connectivity index (χ1) is 9.82. The van der Waals surface area contributed by atoms with E-state index in [0.29, 0.717) is 5.56 Å². The Morgan fingerprint density at radius 2 is 2.05 bits per heavy atom. The highest BCUT2D eigenvalue weighted by Crippen LogP contribution is 2.26. The molecule has 0 bridgehead atoms. The van der Waals surface area contributed by atoms with Gasteiger partial charge in [0.05, 0.1) is 11.1 Å². The molecule has 0 aliphatic heterocycles. The highest BCUT2D eigenvalue weighted by molar-refractivity contribution is 7.89. The molecule has 0 saturated heterocycles. The minimum Gasteiger partial charge on any atom is -0.275 e. The number of sulfonamides is 1. The van der Waals surface area contributed by atoms with Gasteiger partial charge in [0.25, 0.3) is 5.69 Å². The number of aromatic nitrogens is 2. The van der Waals surface area contributed by atoms with Crippen molar-refractivity contribution in [2.45, 2.75) is 11.4 Å². The average Bonchev–Trinajstić information content (AvgIpc) is 2.84. The van der Waals surface area contributed by atoms with E-state index in [9.17, 15) is 18.5 Å². The summed E-state index contributed by atoms with van der Waals surface area (Å²) >= 11 is 0. The molecule has 2 aromatic rings. The molecule has 0 fully saturated rings. The number of hydrogen-bond acceptors (Lipinski definition) is 5. The summed E-state index contributed by atoms with van der Waals surface area (Å²) in [5.41, 5.74) is 0.262. The molecule has 9 heteroatoms. The summed E-state index contributed by atoms with van der Waals surface area (Å²) in [6, 6.07) is 5.29. The second kappa shape index (κ2) is 5.62. The molecule has 1 aromatic carbocycles. The molecule has 0 saturated carbocycles. The zero-order valence-electron chi connectivity index (χ0n) is 11.5. The molecule has 0 amide bonds. The van der Waals surface area contributed by atoms with Crippen LogP contribution in [-0.2, 0) is 23.6 Å². The van der Waals surface area contributed by atoms with Crippen molar-refractivity contribution in [3.8, 4) is 0 Å². The number of nitro benzene ring substituents is 1. The summed E-state index contributed by atoms with van der Waals surface area (Å²) in [7, 11) is -0.853. The van der Waals surface area contributed by atoms with Gasteiger partial charge in [-0.05, 0) is 6.07 Å². The van der Waals surface area contributed by atoms with Crippen LogP contribution in [0.1, 0.15) is 5.56 Å². The molecule has 1 aromatic heterocycles. The van der Waals surface area contributed by atoms with E-state index in [0.717, 1.165) is 4.31 Å². The first-order valence-electron chi connectivity index (χ1n) is 5.99. The van der Waals surface area contributed by atoms with Gasteiger partial charge in [0.1, 0.15) is 0 Å². The van der Waals surface area contributed by atoms with E-state index in [1.807, 2.05) is 0 Å². The van der Waals surface area contributed by atoms with Crippen molar-refractivity contribution < 1.29 is 13.3 Å². The molecule has 0 unspecified atom stereocenters. The Labute approximate surface area is 121 Å². The van der Waals surface area contributed by atoms with Crippen LogP contribution in [0.15, 0.2) is 41.6 Å². The molecule has 0 atom stereocenters. The van der Waals surface area contributed by atoms with Crippen LogP contribution in [0, 0.1) is 10.1 Å². The van der Waals surface area contributed by atoms with E-state index in [1.54, 1.807) is 24.1 Å². The maximum absolute atomic E-state index is 12.5. The van der Waals surface area contributed by atoms with Gasteiger partial charge in [0, 0.05) is 38.5 Å². The largest absolute Gasteiger partial charge is 0.289 e. The van der Waals surface area contributed by atoms with Crippen LogP contribution in [0.25, 0.3) is 0 Å². The summed E-state index contributed by atoms with van der Waals surface area (Å²) < 4.78 is 27.5. The SMILES string of the molecule is CN(Cc1cnn(C)c1)S(=O)(=O)c1ccccc1[N+](=O)[O-]. The fourth-order valence-electron chi connectivity index (χ4n) is 1.89. The first-order valence-corrected chi connectivity index (χ1v) is 7.43. The predicted octanol–water partition coefficient (Wildman–Crippen LogP) is 1.15. The maximum Gasteiger partial charge on any atom is 0.289 e. The van der Waals surface area contributed by atoms with Gasteiger partial charge >= 0.3 is 0 Å². The third kappa shape index (κ3) is 3.09. The molecule has 2 rings (SSSR count). The lowest BCUT2D eigenvalue weighted by Crippen LogP contribution is -2.27. The number of nitrogens with zero attached hydrogens (tertiary/aromatic N) is 4. The quantitative estimate of drug-likeness (QED) is 0.609. The minimum atomic E-state index is -3.95. The minimum absolute atomic E-state index is 0.0855. The number of hydrogen-bond donors (Lipinski definition) is 0. The molecule has 0 aliphatic rings. The van der Waals surface area contributed by atoms with E-state index >= 15 is 0 Å². The van der Waals surface area contributed by atoms with Crippen molar-refractivity contribution in [3.63, 3.8) is 0 Å². The first kappa shape index (κ1) is 15.1. The Balaban J connectivity index is 2.35. The Hall–Kier alpha value is -2.26. The molecule has 112 valence electrons. The molecule has 0 N–H and O–H groups in total. The van der Waals surface area contributed by atoms with Crippen LogP contribution in [0.4, 0.5) is 5.69 Å². The second-order valence-corrected chi connectivity index (χ2v) is 6.52. The molecule has 1 heterocycles. The number of para-hydroxylation sites is 1. The maximum atomic E-state index is 12.5. The molecule has 8 nitrogen and oxygen atoms in total. The number of benzene rings is 1. The third-order valence-corrected chi connectivity index (χ3v) is 4.76. The lowest BCUT2D eigenvalue weighted by molar-refractivity contribution is -0.387. The number of aryl methyl sites for hydroxylation is 1. The Morgan fingerprint density at radius 1 is 1.38 bits per heavy atom. The van der Waals surface area contributed by atoms with Crippen molar-refractivity contribution in [1.82, 2.24) is 14.1 Å². The highest BCUT2D eigenvalue weighted by Gasteiger charge is 2.29. The second-order valence-electron chi connectivity index (χ2n) is 4.51. The standard InChI is InChI=1S/C12H14N4O4S/c1-14-8-10(7-13-14)9-15(2)21(19,20)12-6-4-3-5-11(12)16(17)18/h3-8H,9H2,1-2H3. The predicted molar refractivity (Wildman–Crippen MR) is 75.0 cm³/mol. The van der Waals surface area contributed by atoms with Crippen molar-refractivity contribution in [3.05, 3.63) is 52.3 Å². The van der Waals surface area contributed by atoms with Crippen LogP contribution >= 0.6 is 0 Å². The van der Waals surface area contributed by atoms with Crippen molar-refractivity contribution >= 4 is 15.7 Å². The lowest BCUT2D eigenvalue weighted by Gasteiger charge is -2.16. The molecule has 0 spiro atoms. The van der Waals surface area contributed by atoms with E-state index < -0.39 is 20.6 Å². The van der Waals surface area contributed by atoms with Crippen LogP contribution < -0.4 is 0 Å². The number of rotatable bonds is 5. The average molecular weight is 310 g/mol. The Kier molecular flexibility index (Phi) is 4.05. The summed E-state index contributed by atoms with van der Waals surface area (Å²) in [4.78, 5) is 9.94. The molecular formula is C12H14N4O4S. The van der Waals surface area contributed by atoms with Gasteiger partial charge in [-0.3, -0.25) is 14.8 Å². The van der Waals surface area contributed by atoms with E-state index in [-0.39, 0.29) is 11.4 Å². The fourth-order valence-corrected chi connectivity index (χ4v) is 3.20. The fraction of sp³-hybridized carbons (Fsp3) is 0.250. The van der Waals surface area contributed by atoms with Crippen molar-refractivity contribution in [1.29, 1.82) is 0 Å². The summed E-state index contributed by atoms with van der Waals surface area (Å²) in [6.45, 7) is 0.0855. The van der Waals surface area contributed by atoms with Gasteiger partial charge in [0.2, 0.25) is 10.0 Å². The van der Waals surface area contributed by atoms with Crippen molar-refractivity contribution in [2.24, 2.45) is 7.05 Å². The summed E-state index contributed by atoms with van der Waals surface area (Å²) in [6.07, 6.45) is 3.23. The van der Waals surface area contributed by atoms with E-state index in [4.69, 9.17) is 0 Å². The topological polar surface area (TPSA) is 98.3 Å². The van der Waals surface area contributed by atoms with Gasteiger partial charge in [0.15, 0.2) is 4.90 Å². The zero-order valence-corrected chi connectivity index (χ0v) is 12.3. The third-order valence-electron chi connectivity index (χ3n) is 2.91. The molecule has 0 radical (unpaired) electrons. The Bertz CT molecular complexity index is 769. The number of nitro groups is 1. The molecule has 21 heavy (non-hydrogen) atoms. The molecular weight excluding hydrogens is 296 g/mol. The van der Waals surface area contributed by atoms with Gasteiger partial charge in [-0.25, -0.2) is 8.42 Å². The summed E-state index contributed by atoms with van der Waals surface area (Å²) in [5.74, 6) is 0. The van der Waals surface area contributed by atoms with Crippen LogP contribution in [0.3, 0.4) is 0 Å². The molecule has 0 aliphatic carbocycles. The summed E-state index contributed by atoms with van der Waals surface area (Å²) in [5, 5.41) is 14.9. The van der Waals surface area contributed by atoms with Gasteiger partial charge in [-0.15, -0.1) is 0 Å². The Morgan fingerprint density at radius 3 is 2.62 bits per heavy atom. The van der Waals surface area contributed by atoms with Gasteiger partial charge in [-0.2, -0.15) is 9.40 Å². The van der Waals surface area contributed by atoms with Crippen molar-refractivity contribution in [2.75, 3.05) is 7.05 Å². The smallest absolute Gasteiger partial charge is 0.275 e. The lowest BCUT2D eigenvalue weighted by atomic mass is 10.3. The normalized spacial score (nSPS) is 11.8. The van der Waals surface area contributed by atoms with Gasteiger partial charge < -0.3 is 0 Å².